The van der Waals surface area contributed by atoms with Gasteiger partial charge in [0.25, 0.3) is 5.91 Å². The van der Waals surface area contributed by atoms with Crippen LogP contribution in [-0.2, 0) is 6.54 Å². The van der Waals surface area contributed by atoms with E-state index in [1.165, 1.54) is 12.8 Å². The number of nitrogens with one attached hydrogen (secondary N) is 1. The van der Waals surface area contributed by atoms with Crippen LogP contribution >= 0.6 is 0 Å². The van der Waals surface area contributed by atoms with Crippen LogP contribution in [0.25, 0.3) is 0 Å². The molecule has 0 fully saturated rings. The molecule has 0 aliphatic carbocycles. The number of carbonyl (C=O) groups excluding carboxylic acids is 1. The quantitative estimate of drug-likeness (QED) is 0.441. The molecule has 0 bridgehead atoms. The van der Waals surface area contributed by atoms with Crippen LogP contribution in [0.3, 0.4) is 0 Å². The van der Waals surface area contributed by atoms with Gasteiger partial charge in [-0.15, -0.1) is 0 Å². The molecule has 0 radical (unpaired) electrons. The lowest BCUT2D eigenvalue weighted by Gasteiger charge is -2.21. The predicted octanol–water partition coefficient (Wildman–Crippen LogP) is 1.91. The van der Waals surface area contributed by atoms with Gasteiger partial charge in [-0.05, 0) is 31.1 Å². The molecule has 3 N–H and O–H groups in total. The number of hydrogen-bond donors (Lipinski definition) is 2. The van der Waals surface area contributed by atoms with Crippen molar-refractivity contribution in [3.05, 3.63) is 35.4 Å². The second-order valence-electron chi connectivity index (χ2n) is 4.35. The van der Waals surface area contributed by atoms with Gasteiger partial charge in [0.05, 0.1) is 0 Å². The van der Waals surface area contributed by atoms with E-state index in [9.17, 15) is 4.79 Å². The van der Waals surface area contributed by atoms with Gasteiger partial charge in [0.1, 0.15) is 0 Å². The average molecular weight is 249 g/mol. The average Bonchev–Trinajstić information content (AvgIpc) is 2.43. The van der Waals surface area contributed by atoms with Crippen LogP contribution in [0.1, 0.15) is 42.6 Å². The van der Waals surface area contributed by atoms with E-state index in [0.29, 0.717) is 5.56 Å². The van der Waals surface area contributed by atoms with Crippen molar-refractivity contribution >= 4 is 5.91 Å². The zero-order valence-electron chi connectivity index (χ0n) is 11.3. The van der Waals surface area contributed by atoms with Gasteiger partial charge in [0.15, 0.2) is 0 Å². The lowest BCUT2D eigenvalue weighted by atomic mass is 10.1. The maximum Gasteiger partial charge on any atom is 0.265 e. The summed E-state index contributed by atoms with van der Waals surface area (Å²) in [7, 11) is 0. The summed E-state index contributed by atoms with van der Waals surface area (Å²) in [6, 6.07) is 7.61. The number of carbonyl (C=O) groups is 1. The van der Waals surface area contributed by atoms with Crippen molar-refractivity contribution in [1.82, 2.24) is 10.3 Å². The Morgan fingerprint density at radius 2 is 2.06 bits per heavy atom. The molecule has 0 saturated carbocycles. The van der Waals surface area contributed by atoms with Gasteiger partial charge in [-0.3, -0.25) is 15.1 Å². The van der Waals surface area contributed by atoms with Gasteiger partial charge in [-0.2, -0.15) is 0 Å². The van der Waals surface area contributed by atoms with E-state index in [2.05, 4.69) is 24.2 Å². The Morgan fingerprint density at radius 3 is 2.67 bits per heavy atom. The minimum Gasteiger partial charge on any atom is -0.299 e. The van der Waals surface area contributed by atoms with Crippen LogP contribution in [-0.4, -0.2) is 23.9 Å². The Labute approximate surface area is 109 Å². The Balaban J connectivity index is 2.78. The van der Waals surface area contributed by atoms with Crippen molar-refractivity contribution < 1.29 is 4.79 Å². The number of nitrogens with zero attached hydrogens (tertiary/aromatic N) is 1. The standard InChI is InChI=1S/C14H23N3O/c1-3-5-10-17(4-2)11-12-8-6-7-9-13(12)14(18)16-15/h6-9H,3-5,10-11,15H2,1-2H3,(H,16,18). The molecule has 1 aromatic rings. The van der Waals surface area contributed by atoms with E-state index in [1.807, 2.05) is 24.3 Å². The number of amides is 1. The second kappa shape index (κ2) is 7.84. The molecule has 1 amide bonds. The first-order chi connectivity index (χ1) is 8.72. The fourth-order valence-corrected chi connectivity index (χ4v) is 1.93. The molecule has 1 aromatic carbocycles. The van der Waals surface area contributed by atoms with Crippen LogP contribution in [0.4, 0.5) is 0 Å². The SMILES string of the molecule is CCCCN(CC)Cc1ccccc1C(=O)NN. The van der Waals surface area contributed by atoms with E-state index in [4.69, 9.17) is 5.84 Å². The minimum atomic E-state index is -0.225. The number of hydrazine groups is 1. The van der Waals surface area contributed by atoms with Gasteiger partial charge >= 0.3 is 0 Å². The summed E-state index contributed by atoms with van der Waals surface area (Å²) in [5, 5.41) is 0. The second-order valence-corrected chi connectivity index (χ2v) is 4.35. The molecule has 18 heavy (non-hydrogen) atoms. The van der Waals surface area contributed by atoms with Crippen molar-refractivity contribution in [3.63, 3.8) is 0 Å². The van der Waals surface area contributed by atoms with E-state index in [0.717, 1.165) is 25.2 Å². The molecule has 0 unspecified atom stereocenters. The number of hydrogen-bond acceptors (Lipinski definition) is 3. The summed E-state index contributed by atoms with van der Waals surface area (Å²) in [6.45, 7) is 7.16. The number of benzene rings is 1. The maximum absolute atomic E-state index is 11.7. The molecule has 4 nitrogen and oxygen atoms in total. The monoisotopic (exact) mass is 249 g/mol. The van der Waals surface area contributed by atoms with Crippen LogP contribution in [0.15, 0.2) is 24.3 Å². The van der Waals surface area contributed by atoms with Crippen LogP contribution in [0.5, 0.6) is 0 Å². The van der Waals surface area contributed by atoms with Crippen molar-refractivity contribution in [2.24, 2.45) is 5.84 Å². The van der Waals surface area contributed by atoms with Gasteiger partial charge in [0, 0.05) is 12.1 Å². The topological polar surface area (TPSA) is 58.4 Å². The number of unbranched alkanes of at least 4 members (excludes halogenated alkanes) is 1. The number of nitrogens with two attached hydrogens (primary N) is 1. The van der Waals surface area contributed by atoms with Gasteiger partial charge in [-0.25, -0.2) is 5.84 Å². The van der Waals surface area contributed by atoms with E-state index >= 15 is 0 Å². The molecule has 0 aromatic heterocycles. The molecule has 0 heterocycles. The molecule has 100 valence electrons. The highest BCUT2D eigenvalue weighted by Crippen LogP contribution is 2.12. The first-order valence-corrected chi connectivity index (χ1v) is 6.54. The summed E-state index contributed by atoms with van der Waals surface area (Å²) in [6.07, 6.45) is 2.36. The molecular weight excluding hydrogens is 226 g/mol. The highest BCUT2D eigenvalue weighted by Gasteiger charge is 2.11. The van der Waals surface area contributed by atoms with Gasteiger partial charge in [0.2, 0.25) is 0 Å². The fourth-order valence-electron chi connectivity index (χ4n) is 1.93. The van der Waals surface area contributed by atoms with Gasteiger partial charge < -0.3 is 0 Å². The van der Waals surface area contributed by atoms with E-state index in [1.54, 1.807) is 0 Å². The molecule has 0 saturated heterocycles. The zero-order valence-corrected chi connectivity index (χ0v) is 11.3. The first kappa shape index (κ1) is 14.7. The van der Waals surface area contributed by atoms with Crippen LogP contribution in [0.2, 0.25) is 0 Å². The summed E-state index contributed by atoms with van der Waals surface area (Å²) >= 11 is 0. The summed E-state index contributed by atoms with van der Waals surface area (Å²) in [4.78, 5) is 14.0. The molecule has 0 aliphatic rings. The summed E-state index contributed by atoms with van der Waals surface area (Å²) in [5.74, 6) is 4.98. The Bertz CT molecular complexity index is 379. The fraction of sp³-hybridized carbons (Fsp3) is 0.500. The predicted molar refractivity (Wildman–Crippen MR) is 74.0 cm³/mol. The third-order valence-electron chi connectivity index (χ3n) is 3.06. The first-order valence-electron chi connectivity index (χ1n) is 6.54. The summed E-state index contributed by atoms with van der Waals surface area (Å²) in [5.41, 5.74) is 3.89. The smallest absolute Gasteiger partial charge is 0.265 e. The van der Waals surface area contributed by atoms with Crippen LogP contribution < -0.4 is 11.3 Å². The number of nitrogen functional groups attached to an aromatic ring is 1. The molecule has 0 atom stereocenters. The summed E-state index contributed by atoms with van der Waals surface area (Å²) < 4.78 is 0. The Morgan fingerprint density at radius 1 is 1.33 bits per heavy atom. The molecule has 4 heteroatoms. The van der Waals surface area contributed by atoms with Gasteiger partial charge in [-0.1, -0.05) is 38.5 Å². The number of rotatable bonds is 7. The highest BCUT2D eigenvalue weighted by atomic mass is 16.2. The molecule has 0 aliphatic heterocycles. The Kier molecular flexibility index (Phi) is 6.39. The lowest BCUT2D eigenvalue weighted by molar-refractivity contribution is 0.0951. The van der Waals surface area contributed by atoms with E-state index in [-0.39, 0.29) is 5.91 Å². The minimum absolute atomic E-state index is 0.225. The molecule has 1 rings (SSSR count). The van der Waals surface area contributed by atoms with Crippen molar-refractivity contribution in [3.8, 4) is 0 Å². The van der Waals surface area contributed by atoms with E-state index < -0.39 is 0 Å². The van der Waals surface area contributed by atoms with Crippen molar-refractivity contribution in [2.45, 2.75) is 33.2 Å². The molecular formula is C14H23N3O. The third kappa shape index (κ3) is 4.13. The maximum atomic E-state index is 11.7. The van der Waals surface area contributed by atoms with Crippen LogP contribution in [0, 0.1) is 0 Å². The third-order valence-corrected chi connectivity index (χ3v) is 3.06. The lowest BCUT2D eigenvalue weighted by Crippen LogP contribution is -2.32. The Hall–Kier alpha value is -1.39. The molecule has 0 spiro atoms. The largest absolute Gasteiger partial charge is 0.299 e. The highest BCUT2D eigenvalue weighted by molar-refractivity contribution is 5.95. The zero-order chi connectivity index (χ0) is 13.4. The normalized spacial score (nSPS) is 10.7. The van der Waals surface area contributed by atoms with Crippen molar-refractivity contribution in [2.75, 3.05) is 13.1 Å². The van der Waals surface area contributed by atoms with Crippen molar-refractivity contribution in [1.29, 1.82) is 0 Å².